The van der Waals surface area contributed by atoms with E-state index >= 15 is 0 Å². The van der Waals surface area contributed by atoms with Gasteiger partial charge in [-0.15, -0.1) is 24.0 Å². The first-order valence-electron chi connectivity index (χ1n) is 10.5. The molecule has 1 saturated heterocycles. The fraction of sp³-hybridized carbons (Fsp3) is 0.545. The van der Waals surface area contributed by atoms with E-state index in [9.17, 15) is 0 Å². The lowest BCUT2D eigenvalue weighted by Gasteiger charge is -2.21. The Kier molecular flexibility index (Phi) is 9.74. The first-order chi connectivity index (χ1) is 14.1. The normalized spacial score (nSPS) is 16.3. The molecule has 2 aromatic rings. The maximum absolute atomic E-state index is 5.73. The van der Waals surface area contributed by atoms with Crippen LogP contribution in [-0.4, -0.2) is 60.5 Å². The van der Waals surface area contributed by atoms with Crippen molar-refractivity contribution in [2.45, 2.75) is 32.6 Å². The number of aliphatic imine (C=N–C) groups is 1. The highest BCUT2D eigenvalue weighted by molar-refractivity contribution is 14.0. The zero-order chi connectivity index (χ0) is 20.6. The van der Waals surface area contributed by atoms with Gasteiger partial charge < -0.3 is 19.7 Å². The largest absolute Gasteiger partial charge is 0.490 e. The maximum atomic E-state index is 5.73. The highest BCUT2D eigenvalue weighted by Gasteiger charge is 2.26. The predicted octanol–water partition coefficient (Wildman–Crippen LogP) is 3.44. The Morgan fingerprint density at radius 2 is 2.00 bits per heavy atom. The van der Waals surface area contributed by atoms with E-state index in [0.717, 1.165) is 49.9 Å². The highest BCUT2D eigenvalue weighted by Crippen LogP contribution is 2.29. The van der Waals surface area contributed by atoms with Crippen LogP contribution in [0, 0.1) is 0 Å². The molecule has 7 nitrogen and oxygen atoms in total. The third-order valence-corrected chi connectivity index (χ3v) is 5.20. The number of benzene rings is 1. The zero-order valence-electron chi connectivity index (χ0n) is 18.4. The average molecular weight is 527 g/mol. The Morgan fingerprint density at radius 1 is 1.23 bits per heavy atom. The van der Waals surface area contributed by atoms with Gasteiger partial charge in [0.15, 0.2) is 17.5 Å². The number of guanidine groups is 1. The number of likely N-dealkylation sites (tertiary alicyclic amines) is 1. The topological polar surface area (TPSA) is 63.9 Å². The fourth-order valence-electron chi connectivity index (χ4n) is 3.78. The van der Waals surface area contributed by atoms with Crippen molar-refractivity contribution in [2.24, 2.45) is 12.0 Å². The van der Waals surface area contributed by atoms with Crippen molar-refractivity contribution in [3.8, 4) is 11.5 Å². The van der Waals surface area contributed by atoms with Crippen LogP contribution in [0.25, 0.3) is 0 Å². The van der Waals surface area contributed by atoms with Crippen molar-refractivity contribution >= 4 is 29.9 Å². The van der Waals surface area contributed by atoms with E-state index in [4.69, 9.17) is 9.47 Å². The smallest absolute Gasteiger partial charge is 0.193 e. The van der Waals surface area contributed by atoms with Gasteiger partial charge in [0.05, 0.1) is 19.4 Å². The molecule has 8 heteroatoms. The first kappa shape index (κ1) is 24.3. The molecule has 30 heavy (non-hydrogen) atoms. The molecular formula is C22H34IN5O2. The molecule has 0 bridgehead atoms. The number of ether oxygens (including phenoxy) is 2. The summed E-state index contributed by atoms with van der Waals surface area (Å²) in [7, 11) is 3.82. The first-order valence-corrected chi connectivity index (χ1v) is 10.5. The van der Waals surface area contributed by atoms with Gasteiger partial charge in [0.2, 0.25) is 0 Å². The monoisotopic (exact) mass is 527 g/mol. The van der Waals surface area contributed by atoms with Crippen molar-refractivity contribution in [3.05, 3.63) is 41.7 Å². The fourth-order valence-corrected chi connectivity index (χ4v) is 3.78. The Bertz CT molecular complexity index is 824. The molecule has 1 aliphatic rings. The van der Waals surface area contributed by atoms with Crippen molar-refractivity contribution in [1.29, 1.82) is 0 Å². The Labute approximate surface area is 196 Å². The van der Waals surface area contributed by atoms with Gasteiger partial charge in [-0.05, 0) is 49.9 Å². The summed E-state index contributed by atoms with van der Waals surface area (Å²) in [5.41, 5.74) is 2.53. The van der Waals surface area contributed by atoms with Crippen molar-refractivity contribution in [3.63, 3.8) is 0 Å². The summed E-state index contributed by atoms with van der Waals surface area (Å²) >= 11 is 0. The van der Waals surface area contributed by atoms with Gasteiger partial charge in [0.25, 0.3) is 0 Å². The number of aromatic nitrogens is 2. The Morgan fingerprint density at radius 3 is 2.67 bits per heavy atom. The van der Waals surface area contributed by atoms with Gasteiger partial charge in [-0.25, -0.2) is 0 Å². The summed E-state index contributed by atoms with van der Waals surface area (Å²) in [6.07, 6.45) is 6.12. The number of nitrogens with one attached hydrogen (secondary N) is 1. The van der Waals surface area contributed by atoms with E-state index in [0.29, 0.717) is 19.1 Å². The molecule has 1 aromatic heterocycles. The second kappa shape index (κ2) is 12.0. The van der Waals surface area contributed by atoms with Gasteiger partial charge in [0, 0.05) is 45.8 Å². The number of hydrogen-bond donors (Lipinski definition) is 1. The number of rotatable bonds is 8. The maximum Gasteiger partial charge on any atom is 0.193 e. The molecule has 1 fully saturated rings. The number of halogens is 1. The minimum Gasteiger partial charge on any atom is -0.490 e. The molecule has 1 N–H and O–H groups in total. The molecule has 1 atom stereocenters. The predicted molar refractivity (Wildman–Crippen MR) is 131 cm³/mol. The lowest BCUT2D eigenvalue weighted by molar-refractivity contribution is 0.287. The summed E-state index contributed by atoms with van der Waals surface area (Å²) in [5.74, 6) is 3.10. The van der Waals surface area contributed by atoms with Gasteiger partial charge >= 0.3 is 0 Å². The van der Waals surface area contributed by atoms with Crippen LogP contribution in [0.5, 0.6) is 11.5 Å². The van der Waals surface area contributed by atoms with Gasteiger partial charge in [-0.1, -0.05) is 6.07 Å². The van der Waals surface area contributed by atoms with Gasteiger partial charge in [0.1, 0.15) is 0 Å². The third-order valence-electron chi connectivity index (χ3n) is 5.20. The van der Waals surface area contributed by atoms with Crippen LogP contribution in [0.3, 0.4) is 0 Å². The van der Waals surface area contributed by atoms with E-state index in [2.05, 4.69) is 38.6 Å². The number of aryl methyl sites for hydroxylation is 1. The minimum atomic E-state index is 0. The summed E-state index contributed by atoms with van der Waals surface area (Å²) in [4.78, 5) is 6.82. The van der Waals surface area contributed by atoms with Crippen LogP contribution < -0.4 is 14.8 Å². The summed E-state index contributed by atoms with van der Waals surface area (Å²) < 4.78 is 13.3. The Balaban J connectivity index is 0.00000320. The summed E-state index contributed by atoms with van der Waals surface area (Å²) in [6, 6.07) is 6.18. The minimum absolute atomic E-state index is 0. The van der Waals surface area contributed by atoms with Crippen molar-refractivity contribution in [1.82, 2.24) is 20.0 Å². The second-order valence-electron chi connectivity index (χ2n) is 7.25. The van der Waals surface area contributed by atoms with E-state index in [1.165, 1.54) is 11.1 Å². The Hall–Kier alpha value is -1.97. The molecule has 2 heterocycles. The van der Waals surface area contributed by atoms with E-state index in [1.54, 1.807) is 0 Å². The molecule has 166 valence electrons. The van der Waals surface area contributed by atoms with E-state index < -0.39 is 0 Å². The number of nitrogens with zero attached hydrogens (tertiary/aromatic N) is 4. The summed E-state index contributed by atoms with van der Waals surface area (Å²) in [5, 5.41) is 7.82. The van der Waals surface area contributed by atoms with Crippen LogP contribution in [-0.2, 0) is 13.5 Å². The molecule has 0 saturated carbocycles. The average Bonchev–Trinajstić information content (AvgIpc) is 3.36. The van der Waals surface area contributed by atoms with Crippen LogP contribution in [0.1, 0.15) is 37.3 Å². The second-order valence-corrected chi connectivity index (χ2v) is 7.25. The van der Waals surface area contributed by atoms with Gasteiger partial charge in [-0.2, -0.15) is 5.10 Å². The molecule has 0 aliphatic carbocycles. The van der Waals surface area contributed by atoms with E-state index in [1.807, 2.05) is 44.9 Å². The lowest BCUT2D eigenvalue weighted by atomic mass is 10.0. The van der Waals surface area contributed by atoms with Crippen molar-refractivity contribution in [2.75, 3.05) is 39.9 Å². The zero-order valence-corrected chi connectivity index (χ0v) is 20.8. The molecule has 1 aromatic carbocycles. The molecule has 0 radical (unpaired) electrons. The van der Waals surface area contributed by atoms with Gasteiger partial charge in [-0.3, -0.25) is 9.67 Å². The molecule has 0 amide bonds. The molecule has 3 rings (SSSR count). The molecular weight excluding hydrogens is 493 g/mol. The standard InChI is InChI=1S/C22H33N5O2.HI/c1-5-28-20-8-7-17(13-21(20)29-6-2)9-11-24-22(23-3)27-12-10-18(16-27)19-14-25-26(4)15-19;/h7-8,13-15,18H,5-6,9-12,16H2,1-4H3,(H,23,24);1H. The SMILES string of the molecule is CCOc1ccc(CCNC(=NC)N2CCC(c3cnn(C)c3)C2)cc1OCC.I. The number of hydrogen-bond acceptors (Lipinski definition) is 4. The summed E-state index contributed by atoms with van der Waals surface area (Å²) in [6.45, 7) is 8.04. The van der Waals surface area contributed by atoms with Crippen LogP contribution in [0.4, 0.5) is 0 Å². The van der Waals surface area contributed by atoms with Crippen LogP contribution in [0.2, 0.25) is 0 Å². The highest BCUT2D eigenvalue weighted by atomic mass is 127. The lowest BCUT2D eigenvalue weighted by Crippen LogP contribution is -2.40. The van der Waals surface area contributed by atoms with Crippen LogP contribution >= 0.6 is 24.0 Å². The quantitative estimate of drug-likeness (QED) is 0.324. The van der Waals surface area contributed by atoms with Crippen molar-refractivity contribution < 1.29 is 9.47 Å². The third kappa shape index (κ3) is 6.26. The van der Waals surface area contributed by atoms with Crippen LogP contribution in [0.15, 0.2) is 35.6 Å². The molecule has 0 spiro atoms. The molecule has 1 unspecified atom stereocenters. The van der Waals surface area contributed by atoms with E-state index in [-0.39, 0.29) is 24.0 Å². The molecule has 1 aliphatic heterocycles.